The first kappa shape index (κ1) is 17.9. The number of anilines is 1. The Kier molecular flexibility index (Phi) is 4.79. The third-order valence-electron chi connectivity index (χ3n) is 3.77. The van der Waals surface area contributed by atoms with E-state index in [1.807, 2.05) is 16.7 Å². The smallest absolute Gasteiger partial charge is 0.302 e. The lowest BCUT2D eigenvalue weighted by atomic mass is 10.3. The van der Waals surface area contributed by atoms with Crippen LogP contribution >= 0.6 is 27.7 Å². The van der Waals surface area contributed by atoms with Crippen LogP contribution in [0.4, 0.5) is 5.82 Å². The monoisotopic (exact) mass is 451 g/mol. The highest BCUT2D eigenvalue weighted by molar-refractivity contribution is 9.10. The van der Waals surface area contributed by atoms with E-state index in [-0.39, 0.29) is 25.2 Å². The second-order valence-corrected chi connectivity index (χ2v) is 7.42. The van der Waals surface area contributed by atoms with Crippen molar-refractivity contribution in [2.75, 3.05) is 19.1 Å². The Labute approximate surface area is 166 Å². The van der Waals surface area contributed by atoms with Crippen molar-refractivity contribution in [1.29, 1.82) is 0 Å². The minimum Gasteiger partial charge on any atom is -0.464 e. The van der Waals surface area contributed by atoms with Gasteiger partial charge in [-0.25, -0.2) is 15.0 Å². The number of rotatable bonds is 5. The van der Waals surface area contributed by atoms with E-state index < -0.39 is 0 Å². The second-order valence-electron chi connectivity index (χ2n) is 5.56. The number of aromatic nitrogens is 4. The van der Waals surface area contributed by atoms with E-state index in [1.165, 1.54) is 25.0 Å². The Balaban J connectivity index is 1.72. The van der Waals surface area contributed by atoms with E-state index in [1.54, 1.807) is 0 Å². The number of nitrogens with two attached hydrogens (primary N) is 1. The molecule has 0 saturated carbocycles. The number of hydrogen-bond donors (Lipinski definition) is 1. The number of benzene rings is 1. The number of halogens is 1. The summed E-state index contributed by atoms with van der Waals surface area (Å²) in [6.45, 7) is 2.14. The summed E-state index contributed by atoms with van der Waals surface area (Å²) in [7, 11) is 0. The van der Waals surface area contributed by atoms with Gasteiger partial charge in [-0.1, -0.05) is 11.8 Å². The van der Waals surface area contributed by atoms with E-state index in [4.69, 9.17) is 19.9 Å². The highest BCUT2D eigenvalue weighted by Crippen LogP contribution is 2.43. The highest BCUT2D eigenvalue weighted by atomic mass is 79.9. The number of esters is 1. The molecular weight excluding hydrogens is 438 g/mol. The molecule has 0 saturated heterocycles. The quantitative estimate of drug-likeness (QED) is 0.584. The fourth-order valence-corrected chi connectivity index (χ4v) is 4.08. The van der Waals surface area contributed by atoms with Crippen molar-refractivity contribution in [3.63, 3.8) is 0 Å². The van der Waals surface area contributed by atoms with Gasteiger partial charge in [0, 0.05) is 16.3 Å². The van der Waals surface area contributed by atoms with Crippen molar-refractivity contribution in [1.82, 2.24) is 19.5 Å². The van der Waals surface area contributed by atoms with Crippen LogP contribution in [0.5, 0.6) is 11.5 Å². The summed E-state index contributed by atoms with van der Waals surface area (Å²) in [5, 5.41) is 0.643. The third kappa shape index (κ3) is 3.52. The van der Waals surface area contributed by atoms with E-state index >= 15 is 0 Å². The molecule has 2 N–H and O–H groups in total. The summed E-state index contributed by atoms with van der Waals surface area (Å²) in [6.07, 6.45) is 1.38. The Bertz CT molecular complexity index is 1040. The number of fused-ring (bicyclic) bond motifs is 2. The molecule has 9 nitrogen and oxygen atoms in total. The molecule has 0 fully saturated rings. The van der Waals surface area contributed by atoms with Crippen molar-refractivity contribution >= 4 is 50.6 Å². The summed E-state index contributed by atoms with van der Waals surface area (Å²) in [4.78, 5) is 24.8. The topological polar surface area (TPSA) is 114 Å². The first-order chi connectivity index (χ1) is 13.0. The lowest BCUT2D eigenvalue weighted by molar-refractivity contribution is -0.141. The number of nitrogen functional groups attached to an aromatic ring is 1. The molecule has 0 aliphatic carbocycles. The zero-order chi connectivity index (χ0) is 19.0. The summed E-state index contributed by atoms with van der Waals surface area (Å²) in [6, 6.07) is 3.73. The van der Waals surface area contributed by atoms with Crippen molar-refractivity contribution in [2.24, 2.45) is 0 Å². The lowest BCUT2D eigenvalue weighted by Gasteiger charge is -2.09. The largest absolute Gasteiger partial charge is 0.464 e. The first-order valence-corrected chi connectivity index (χ1v) is 9.51. The molecule has 140 valence electrons. The molecule has 4 rings (SSSR count). The Morgan fingerprint density at radius 3 is 2.93 bits per heavy atom. The van der Waals surface area contributed by atoms with Crippen molar-refractivity contribution < 1.29 is 19.0 Å². The van der Waals surface area contributed by atoms with E-state index in [9.17, 15) is 4.79 Å². The molecule has 1 aliphatic heterocycles. The molecular formula is C16H14BrN5O4S. The molecule has 2 aromatic heterocycles. The fourth-order valence-electron chi connectivity index (χ4n) is 2.57. The predicted molar refractivity (Wildman–Crippen MR) is 101 cm³/mol. The average molecular weight is 452 g/mol. The highest BCUT2D eigenvalue weighted by Gasteiger charge is 2.20. The number of hydrogen-bond acceptors (Lipinski definition) is 9. The maximum absolute atomic E-state index is 11.1. The zero-order valence-electron chi connectivity index (χ0n) is 14.1. The van der Waals surface area contributed by atoms with Gasteiger partial charge in [0.15, 0.2) is 33.6 Å². The maximum atomic E-state index is 11.1. The third-order valence-corrected chi connectivity index (χ3v) is 5.74. The molecule has 0 unspecified atom stereocenters. The molecule has 1 aliphatic rings. The first-order valence-electron chi connectivity index (χ1n) is 7.90. The lowest BCUT2D eigenvalue weighted by Crippen LogP contribution is -2.10. The van der Waals surface area contributed by atoms with Crippen LogP contribution in [0.25, 0.3) is 11.2 Å². The van der Waals surface area contributed by atoms with Gasteiger partial charge in [-0.05, 0) is 28.1 Å². The molecule has 3 heterocycles. The predicted octanol–water partition coefficient (Wildman–Crippen LogP) is 2.61. The number of imidazole rings is 1. The molecule has 0 radical (unpaired) electrons. The Morgan fingerprint density at radius 2 is 2.15 bits per heavy atom. The van der Waals surface area contributed by atoms with Gasteiger partial charge in [0.25, 0.3) is 0 Å². The molecule has 0 bridgehead atoms. The summed E-state index contributed by atoms with van der Waals surface area (Å²) in [5.74, 6) is 1.30. The van der Waals surface area contributed by atoms with E-state index in [2.05, 4.69) is 30.9 Å². The molecule has 11 heteroatoms. The molecule has 3 aromatic rings. The number of ether oxygens (including phenoxy) is 3. The molecule has 0 atom stereocenters. The minimum absolute atomic E-state index is 0.195. The number of carbonyl (C=O) groups excluding carboxylic acids is 1. The van der Waals surface area contributed by atoms with Crippen molar-refractivity contribution in [2.45, 2.75) is 23.5 Å². The van der Waals surface area contributed by atoms with Gasteiger partial charge in [-0.2, -0.15) is 0 Å². The van der Waals surface area contributed by atoms with Gasteiger partial charge >= 0.3 is 5.97 Å². The standard InChI is InChI=1S/C16H14BrN5O4S/c1-8(23)24-3-2-22-15-13(14(18)19-6-20-15)21-16(22)27-12-5-11-10(4-9(12)17)25-7-26-11/h4-6H,2-3,7H2,1H3,(H2,18,19,20). The SMILES string of the molecule is CC(=O)OCCn1c(Sc2cc3c(cc2Br)OCO3)nc2c(N)ncnc21. The van der Waals surface area contributed by atoms with Crippen LogP contribution in [0.15, 0.2) is 33.0 Å². The van der Waals surface area contributed by atoms with E-state index in [0.717, 1.165) is 9.37 Å². The van der Waals surface area contributed by atoms with Gasteiger partial charge in [0.05, 0.1) is 6.54 Å². The van der Waals surface area contributed by atoms with Crippen LogP contribution in [0.1, 0.15) is 6.92 Å². The minimum atomic E-state index is -0.346. The summed E-state index contributed by atoms with van der Waals surface area (Å²) >= 11 is 4.95. The Hall–Kier alpha value is -2.53. The molecule has 27 heavy (non-hydrogen) atoms. The van der Waals surface area contributed by atoms with Crippen LogP contribution in [-0.4, -0.2) is 38.9 Å². The van der Waals surface area contributed by atoms with Crippen molar-refractivity contribution in [3.8, 4) is 11.5 Å². The average Bonchev–Trinajstić information content (AvgIpc) is 3.21. The summed E-state index contributed by atoms with van der Waals surface area (Å²) in [5.41, 5.74) is 7.02. The maximum Gasteiger partial charge on any atom is 0.302 e. The van der Waals surface area contributed by atoms with Crippen LogP contribution in [0.3, 0.4) is 0 Å². The molecule has 0 spiro atoms. The number of carbonyl (C=O) groups is 1. The normalized spacial score (nSPS) is 12.5. The Morgan fingerprint density at radius 1 is 1.37 bits per heavy atom. The van der Waals surface area contributed by atoms with Crippen molar-refractivity contribution in [3.05, 3.63) is 22.9 Å². The molecule has 1 aromatic carbocycles. The van der Waals surface area contributed by atoms with Crippen LogP contribution < -0.4 is 15.2 Å². The molecule has 0 amide bonds. The summed E-state index contributed by atoms with van der Waals surface area (Å²) < 4.78 is 18.6. The fraction of sp³-hybridized carbons (Fsp3) is 0.250. The van der Waals surface area contributed by atoms with Crippen LogP contribution in [0.2, 0.25) is 0 Å². The second kappa shape index (κ2) is 7.24. The van der Waals surface area contributed by atoms with Crippen LogP contribution in [-0.2, 0) is 16.1 Å². The van der Waals surface area contributed by atoms with Gasteiger partial charge in [-0.3, -0.25) is 9.36 Å². The van der Waals surface area contributed by atoms with Gasteiger partial charge in [0.1, 0.15) is 12.9 Å². The van der Waals surface area contributed by atoms with Gasteiger partial charge < -0.3 is 19.9 Å². The van der Waals surface area contributed by atoms with Crippen LogP contribution in [0, 0.1) is 0 Å². The van der Waals surface area contributed by atoms with Gasteiger partial charge in [0.2, 0.25) is 6.79 Å². The zero-order valence-corrected chi connectivity index (χ0v) is 16.5. The number of nitrogens with zero attached hydrogens (tertiary/aromatic N) is 4. The van der Waals surface area contributed by atoms with E-state index in [0.29, 0.717) is 34.4 Å². The van der Waals surface area contributed by atoms with Gasteiger partial charge in [-0.15, -0.1) is 0 Å².